The molecule has 0 amide bonds. The molecule has 0 radical (unpaired) electrons. The molecule has 1 aliphatic carbocycles. The van der Waals surface area contributed by atoms with Crippen molar-refractivity contribution in [3.63, 3.8) is 0 Å². The fourth-order valence-electron chi connectivity index (χ4n) is 3.37. The average Bonchev–Trinajstić information content (AvgIpc) is 3.39. The number of anilines is 2. The molecule has 1 saturated carbocycles. The fourth-order valence-corrected chi connectivity index (χ4v) is 3.67. The molecule has 0 unspecified atom stereocenters. The monoisotopic (exact) mass is 380 g/mol. The van der Waals surface area contributed by atoms with Gasteiger partial charge < -0.3 is 9.80 Å². The summed E-state index contributed by atoms with van der Waals surface area (Å²) >= 11 is 6.29. The van der Waals surface area contributed by atoms with Crippen LogP contribution < -0.4 is 9.80 Å². The standard InChI is InChI=1S/C18H17ClN8/c1-25(18-14(19)6-11(7-20)8-21-18)13-9-26(10-13)16-5-4-15-22-23-17(12-2-3-12)27(15)24-16/h4-6,8,12-13H,2-3,9-10H2,1H3. The lowest BCUT2D eigenvalue weighted by Crippen LogP contribution is -2.59. The maximum atomic E-state index is 8.95. The van der Waals surface area contributed by atoms with Crippen LogP contribution in [0.5, 0.6) is 0 Å². The van der Waals surface area contributed by atoms with E-state index in [-0.39, 0.29) is 6.04 Å². The van der Waals surface area contributed by atoms with E-state index >= 15 is 0 Å². The van der Waals surface area contributed by atoms with Gasteiger partial charge >= 0.3 is 0 Å². The van der Waals surface area contributed by atoms with Crippen molar-refractivity contribution in [3.8, 4) is 6.07 Å². The molecule has 0 atom stereocenters. The lowest BCUT2D eigenvalue weighted by atomic mass is 10.1. The summed E-state index contributed by atoms with van der Waals surface area (Å²) in [6.45, 7) is 1.65. The molecule has 9 heteroatoms. The first-order chi connectivity index (χ1) is 13.1. The Morgan fingerprint density at radius 3 is 2.78 bits per heavy atom. The Labute approximate surface area is 161 Å². The third-order valence-electron chi connectivity index (χ3n) is 5.23. The van der Waals surface area contributed by atoms with E-state index < -0.39 is 0 Å². The lowest BCUT2D eigenvalue weighted by molar-refractivity contribution is 0.487. The summed E-state index contributed by atoms with van der Waals surface area (Å²) in [5.74, 6) is 3.09. The van der Waals surface area contributed by atoms with Crippen molar-refractivity contribution < 1.29 is 0 Å². The van der Waals surface area contributed by atoms with Crippen LogP contribution in [-0.2, 0) is 0 Å². The van der Waals surface area contributed by atoms with Crippen LogP contribution in [-0.4, -0.2) is 51.0 Å². The molecule has 0 spiro atoms. The third kappa shape index (κ3) is 2.75. The second-order valence-electron chi connectivity index (χ2n) is 7.10. The van der Waals surface area contributed by atoms with Crippen molar-refractivity contribution in [1.29, 1.82) is 5.26 Å². The summed E-state index contributed by atoms with van der Waals surface area (Å²) in [5.41, 5.74) is 1.26. The molecule has 0 N–H and O–H groups in total. The van der Waals surface area contributed by atoms with Crippen LogP contribution in [0.2, 0.25) is 5.02 Å². The van der Waals surface area contributed by atoms with E-state index in [9.17, 15) is 0 Å². The lowest BCUT2D eigenvalue weighted by Gasteiger charge is -2.45. The predicted octanol–water partition coefficient (Wildman–Crippen LogP) is 2.25. The maximum Gasteiger partial charge on any atom is 0.178 e. The van der Waals surface area contributed by atoms with Crippen molar-refractivity contribution in [2.75, 3.05) is 29.9 Å². The van der Waals surface area contributed by atoms with Crippen LogP contribution in [0.15, 0.2) is 24.4 Å². The van der Waals surface area contributed by atoms with Crippen LogP contribution >= 0.6 is 11.6 Å². The first-order valence-electron chi connectivity index (χ1n) is 8.90. The van der Waals surface area contributed by atoms with Gasteiger partial charge in [-0.2, -0.15) is 9.78 Å². The van der Waals surface area contributed by atoms with Crippen LogP contribution in [0, 0.1) is 11.3 Å². The van der Waals surface area contributed by atoms with Gasteiger partial charge in [0.15, 0.2) is 11.5 Å². The number of hydrogen-bond acceptors (Lipinski definition) is 7. The molecule has 2 fully saturated rings. The summed E-state index contributed by atoms with van der Waals surface area (Å²) in [6.07, 6.45) is 3.89. The van der Waals surface area contributed by atoms with E-state index in [2.05, 4.69) is 31.1 Å². The molecule has 4 heterocycles. The zero-order valence-corrected chi connectivity index (χ0v) is 15.5. The molecule has 136 valence electrons. The van der Waals surface area contributed by atoms with Crippen LogP contribution in [0.25, 0.3) is 5.65 Å². The highest BCUT2D eigenvalue weighted by atomic mass is 35.5. The molecule has 8 nitrogen and oxygen atoms in total. The zero-order chi connectivity index (χ0) is 18.5. The highest BCUT2D eigenvalue weighted by Gasteiger charge is 2.34. The summed E-state index contributed by atoms with van der Waals surface area (Å²) in [6, 6.07) is 7.95. The van der Waals surface area contributed by atoms with Crippen molar-refractivity contribution in [3.05, 3.63) is 40.8 Å². The van der Waals surface area contributed by atoms with Gasteiger partial charge in [-0.25, -0.2) is 4.98 Å². The van der Waals surface area contributed by atoms with E-state index in [1.54, 1.807) is 12.3 Å². The Balaban J connectivity index is 1.32. The smallest absolute Gasteiger partial charge is 0.178 e. The Kier molecular flexibility index (Phi) is 3.65. The molecule has 2 aliphatic rings. The summed E-state index contributed by atoms with van der Waals surface area (Å²) < 4.78 is 1.88. The predicted molar refractivity (Wildman–Crippen MR) is 101 cm³/mol. The van der Waals surface area contributed by atoms with Crippen LogP contribution in [0.1, 0.15) is 30.1 Å². The molecule has 3 aromatic heterocycles. The number of rotatable bonds is 4. The van der Waals surface area contributed by atoms with Crippen LogP contribution in [0.4, 0.5) is 11.6 Å². The maximum absolute atomic E-state index is 8.95. The van der Waals surface area contributed by atoms with Gasteiger partial charge in [-0.1, -0.05) is 11.6 Å². The second-order valence-corrected chi connectivity index (χ2v) is 7.51. The number of likely N-dealkylation sites (N-methyl/N-ethyl adjacent to an activating group) is 1. The van der Waals surface area contributed by atoms with E-state index in [0.29, 0.717) is 22.3 Å². The highest BCUT2D eigenvalue weighted by Crippen LogP contribution is 2.39. The van der Waals surface area contributed by atoms with Crippen molar-refractivity contribution >= 4 is 28.9 Å². The van der Waals surface area contributed by atoms with E-state index in [1.165, 1.54) is 12.8 Å². The SMILES string of the molecule is CN(c1ncc(C#N)cc1Cl)C1CN(c2ccc3nnc(C4CC4)n3n2)C1. The summed E-state index contributed by atoms with van der Waals surface area (Å²) in [7, 11) is 1.98. The van der Waals surface area contributed by atoms with Gasteiger partial charge in [0, 0.05) is 32.3 Å². The van der Waals surface area contributed by atoms with Gasteiger partial charge in [0.2, 0.25) is 0 Å². The van der Waals surface area contributed by atoms with E-state index in [0.717, 1.165) is 30.4 Å². The second kappa shape index (κ2) is 6.06. The summed E-state index contributed by atoms with van der Waals surface area (Å²) in [5, 5.41) is 22.7. The molecule has 5 rings (SSSR count). The zero-order valence-electron chi connectivity index (χ0n) is 14.7. The molecule has 1 saturated heterocycles. The number of nitriles is 1. The van der Waals surface area contributed by atoms with Crippen molar-refractivity contribution in [1.82, 2.24) is 24.8 Å². The van der Waals surface area contributed by atoms with E-state index in [1.807, 2.05) is 23.7 Å². The third-order valence-corrected chi connectivity index (χ3v) is 5.51. The van der Waals surface area contributed by atoms with Crippen LogP contribution in [0.3, 0.4) is 0 Å². The number of pyridine rings is 1. The topological polar surface area (TPSA) is 86.2 Å². The number of hydrogen-bond donors (Lipinski definition) is 0. The molecular weight excluding hydrogens is 364 g/mol. The quantitative estimate of drug-likeness (QED) is 0.686. The van der Waals surface area contributed by atoms with Gasteiger partial charge in [-0.05, 0) is 31.0 Å². The van der Waals surface area contributed by atoms with Crippen molar-refractivity contribution in [2.45, 2.75) is 24.8 Å². The Morgan fingerprint density at radius 1 is 1.26 bits per heavy atom. The van der Waals surface area contributed by atoms with Crippen molar-refractivity contribution in [2.24, 2.45) is 0 Å². The molecule has 3 aromatic rings. The number of aromatic nitrogens is 5. The first kappa shape index (κ1) is 16.3. The van der Waals surface area contributed by atoms with Gasteiger partial charge in [-0.3, -0.25) is 0 Å². The molecule has 0 bridgehead atoms. The minimum absolute atomic E-state index is 0.282. The summed E-state index contributed by atoms with van der Waals surface area (Å²) in [4.78, 5) is 8.62. The minimum atomic E-state index is 0.282. The molecular formula is C18H17ClN8. The van der Waals surface area contributed by atoms with E-state index in [4.69, 9.17) is 22.0 Å². The molecule has 1 aliphatic heterocycles. The Bertz CT molecular complexity index is 1060. The largest absolute Gasteiger partial charge is 0.352 e. The number of nitrogens with zero attached hydrogens (tertiary/aromatic N) is 8. The molecule has 27 heavy (non-hydrogen) atoms. The number of halogens is 1. The Hall–Kier alpha value is -2.92. The highest BCUT2D eigenvalue weighted by molar-refractivity contribution is 6.33. The number of fused-ring (bicyclic) bond motifs is 1. The normalized spacial score (nSPS) is 17.0. The van der Waals surface area contributed by atoms with Gasteiger partial charge in [-0.15, -0.1) is 15.3 Å². The van der Waals surface area contributed by atoms with Gasteiger partial charge in [0.1, 0.15) is 17.7 Å². The van der Waals surface area contributed by atoms with Gasteiger partial charge in [0.05, 0.1) is 16.6 Å². The van der Waals surface area contributed by atoms with Gasteiger partial charge in [0.25, 0.3) is 0 Å². The molecule has 0 aromatic carbocycles. The fraction of sp³-hybridized carbons (Fsp3) is 0.389. The minimum Gasteiger partial charge on any atom is -0.352 e. The average molecular weight is 381 g/mol. The first-order valence-corrected chi connectivity index (χ1v) is 9.27. The Morgan fingerprint density at radius 2 is 2.07 bits per heavy atom.